The second-order valence-electron chi connectivity index (χ2n) is 7.91. The van der Waals surface area contributed by atoms with Crippen molar-refractivity contribution in [2.24, 2.45) is 0 Å². The monoisotopic (exact) mass is 409 g/mol. The first-order valence-electron chi connectivity index (χ1n) is 10.4. The molecule has 6 nitrogen and oxygen atoms in total. The van der Waals surface area contributed by atoms with E-state index in [1.807, 2.05) is 74.3 Å². The van der Waals surface area contributed by atoms with Crippen LogP contribution in [0.5, 0.6) is 5.75 Å². The molecule has 2 aromatic rings. The van der Waals surface area contributed by atoms with Crippen LogP contribution in [0.3, 0.4) is 0 Å². The van der Waals surface area contributed by atoms with Crippen molar-refractivity contribution in [3.05, 3.63) is 59.7 Å². The highest BCUT2D eigenvalue weighted by molar-refractivity contribution is 5.96. The minimum absolute atomic E-state index is 0.0131. The van der Waals surface area contributed by atoms with Crippen molar-refractivity contribution in [1.82, 2.24) is 9.80 Å². The van der Waals surface area contributed by atoms with Crippen molar-refractivity contribution < 1.29 is 14.3 Å². The summed E-state index contributed by atoms with van der Waals surface area (Å²) < 4.78 is 5.37. The quantitative estimate of drug-likeness (QED) is 0.759. The van der Waals surface area contributed by atoms with E-state index in [1.165, 1.54) is 0 Å². The van der Waals surface area contributed by atoms with Gasteiger partial charge in [0.1, 0.15) is 5.75 Å². The molecule has 1 saturated heterocycles. The predicted molar refractivity (Wildman–Crippen MR) is 119 cm³/mol. The molecular formula is C24H31N3O3. The van der Waals surface area contributed by atoms with Crippen molar-refractivity contribution in [2.45, 2.75) is 38.8 Å². The summed E-state index contributed by atoms with van der Waals surface area (Å²) in [4.78, 5) is 29.6. The molecule has 0 saturated carbocycles. The Morgan fingerprint density at radius 3 is 2.67 bits per heavy atom. The number of ether oxygens (including phenoxy) is 1. The fourth-order valence-electron chi connectivity index (χ4n) is 3.90. The first-order valence-corrected chi connectivity index (χ1v) is 10.4. The molecule has 2 unspecified atom stereocenters. The van der Waals surface area contributed by atoms with E-state index in [0.717, 1.165) is 30.5 Å². The topological polar surface area (TPSA) is 61.9 Å². The molecule has 0 aromatic heterocycles. The summed E-state index contributed by atoms with van der Waals surface area (Å²) in [5.41, 5.74) is 2.80. The number of nitrogens with zero attached hydrogens (tertiary/aromatic N) is 2. The Labute approximate surface area is 178 Å². The third-order valence-corrected chi connectivity index (χ3v) is 5.87. The molecule has 1 N–H and O–H groups in total. The minimum Gasteiger partial charge on any atom is -0.495 e. The predicted octanol–water partition coefficient (Wildman–Crippen LogP) is 3.63. The van der Waals surface area contributed by atoms with Gasteiger partial charge in [-0.2, -0.15) is 0 Å². The smallest absolute Gasteiger partial charge is 0.241 e. The maximum atomic E-state index is 13.0. The van der Waals surface area contributed by atoms with Crippen LogP contribution in [-0.2, 0) is 9.59 Å². The number of rotatable bonds is 7. The molecular weight excluding hydrogens is 378 g/mol. The number of carbonyl (C=O) groups is 2. The number of likely N-dealkylation sites (N-methyl/N-ethyl adjacent to an activating group) is 1. The van der Waals surface area contributed by atoms with Crippen LogP contribution in [0.15, 0.2) is 48.5 Å². The average Bonchev–Trinajstić information content (AvgIpc) is 3.21. The highest BCUT2D eigenvalue weighted by atomic mass is 16.5. The Kier molecular flexibility index (Phi) is 7.11. The first kappa shape index (κ1) is 21.8. The van der Waals surface area contributed by atoms with E-state index in [0.29, 0.717) is 11.4 Å². The Hall–Kier alpha value is -2.86. The summed E-state index contributed by atoms with van der Waals surface area (Å²) >= 11 is 0. The zero-order valence-corrected chi connectivity index (χ0v) is 18.2. The maximum Gasteiger partial charge on any atom is 0.241 e. The van der Waals surface area contributed by atoms with E-state index in [-0.39, 0.29) is 30.4 Å². The Morgan fingerprint density at radius 1 is 1.23 bits per heavy atom. The summed E-state index contributed by atoms with van der Waals surface area (Å²) in [5.74, 6) is 0.549. The van der Waals surface area contributed by atoms with Gasteiger partial charge in [-0.1, -0.05) is 36.4 Å². The van der Waals surface area contributed by atoms with E-state index in [9.17, 15) is 9.59 Å². The van der Waals surface area contributed by atoms with Gasteiger partial charge in [0.2, 0.25) is 11.8 Å². The first-order chi connectivity index (χ1) is 14.4. The Morgan fingerprint density at radius 2 is 1.97 bits per heavy atom. The van der Waals surface area contributed by atoms with Crippen LogP contribution in [0.1, 0.15) is 36.9 Å². The second-order valence-corrected chi connectivity index (χ2v) is 7.91. The van der Waals surface area contributed by atoms with Crippen LogP contribution in [0, 0.1) is 6.92 Å². The van der Waals surface area contributed by atoms with Gasteiger partial charge in [0, 0.05) is 7.05 Å². The molecule has 1 aliphatic heterocycles. The lowest BCUT2D eigenvalue weighted by Crippen LogP contribution is -2.45. The number of anilines is 1. The zero-order chi connectivity index (χ0) is 21.7. The van der Waals surface area contributed by atoms with Crippen molar-refractivity contribution in [3.63, 3.8) is 0 Å². The highest BCUT2D eigenvalue weighted by Gasteiger charge is 2.33. The van der Waals surface area contributed by atoms with Gasteiger partial charge in [-0.15, -0.1) is 0 Å². The summed E-state index contributed by atoms with van der Waals surface area (Å²) in [7, 11) is 3.41. The van der Waals surface area contributed by atoms with Crippen molar-refractivity contribution >= 4 is 17.5 Å². The molecule has 1 fully saturated rings. The van der Waals surface area contributed by atoms with Gasteiger partial charge in [-0.25, -0.2) is 0 Å². The molecule has 2 aromatic carbocycles. The molecule has 0 radical (unpaired) electrons. The molecule has 30 heavy (non-hydrogen) atoms. The summed E-state index contributed by atoms with van der Waals surface area (Å²) in [6.45, 7) is 4.96. The Balaban J connectivity index is 1.64. The van der Waals surface area contributed by atoms with Gasteiger partial charge in [0.25, 0.3) is 0 Å². The SMILES string of the molecule is COc1ccc(C)cc1NC(=O)C1CCCN1CC(=O)N(C)C(C)c1ccccc1. The van der Waals surface area contributed by atoms with Gasteiger partial charge in [-0.3, -0.25) is 14.5 Å². The van der Waals surface area contributed by atoms with E-state index in [2.05, 4.69) is 5.32 Å². The van der Waals surface area contributed by atoms with Crippen LogP contribution >= 0.6 is 0 Å². The van der Waals surface area contributed by atoms with E-state index >= 15 is 0 Å². The van der Waals surface area contributed by atoms with Gasteiger partial charge < -0.3 is 15.0 Å². The molecule has 1 aliphatic rings. The lowest BCUT2D eigenvalue weighted by Gasteiger charge is -2.29. The average molecular weight is 410 g/mol. The fraction of sp³-hybridized carbons (Fsp3) is 0.417. The van der Waals surface area contributed by atoms with Crippen molar-refractivity contribution in [2.75, 3.05) is 32.6 Å². The number of nitrogens with one attached hydrogen (secondary N) is 1. The largest absolute Gasteiger partial charge is 0.495 e. The highest BCUT2D eigenvalue weighted by Crippen LogP contribution is 2.27. The molecule has 6 heteroatoms. The van der Waals surface area contributed by atoms with Crippen LogP contribution in [0.2, 0.25) is 0 Å². The third-order valence-electron chi connectivity index (χ3n) is 5.87. The molecule has 0 spiro atoms. The number of methoxy groups -OCH3 is 1. The molecule has 160 valence electrons. The van der Waals surface area contributed by atoms with Gasteiger partial charge in [-0.05, 0) is 56.5 Å². The number of amides is 2. The molecule has 0 bridgehead atoms. The lowest BCUT2D eigenvalue weighted by molar-refractivity contribution is -0.134. The van der Waals surface area contributed by atoms with Crippen LogP contribution in [-0.4, -0.2) is 54.9 Å². The summed E-state index contributed by atoms with van der Waals surface area (Å²) in [5, 5.41) is 2.99. The fourth-order valence-corrected chi connectivity index (χ4v) is 3.90. The second kappa shape index (κ2) is 9.76. The van der Waals surface area contributed by atoms with E-state index < -0.39 is 0 Å². The van der Waals surface area contributed by atoms with E-state index in [4.69, 9.17) is 4.74 Å². The third kappa shape index (κ3) is 5.00. The normalized spacial score (nSPS) is 17.4. The molecule has 3 rings (SSSR count). The van der Waals surface area contributed by atoms with Crippen LogP contribution in [0.25, 0.3) is 0 Å². The summed E-state index contributed by atoms with van der Waals surface area (Å²) in [6.07, 6.45) is 1.64. The standard InChI is InChI=1S/C24H31N3O3/c1-17-12-13-22(30-4)20(15-17)25-24(29)21-11-8-14-27(21)16-23(28)26(3)18(2)19-9-6-5-7-10-19/h5-7,9-10,12-13,15,18,21H,8,11,14,16H2,1-4H3,(H,25,29). The van der Waals surface area contributed by atoms with Crippen LogP contribution in [0.4, 0.5) is 5.69 Å². The molecule has 0 aliphatic carbocycles. The Bertz CT molecular complexity index is 885. The van der Waals surface area contributed by atoms with Crippen molar-refractivity contribution in [1.29, 1.82) is 0 Å². The number of likely N-dealkylation sites (tertiary alicyclic amines) is 1. The minimum atomic E-state index is -0.320. The van der Waals surface area contributed by atoms with Gasteiger partial charge in [0.15, 0.2) is 0 Å². The van der Waals surface area contributed by atoms with Gasteiger partial charge >= 0.3 is 0 Å². The molecule has 1 heterocycles. The number of benzene rings is 2. The number of aryl methyl sites for hydroxylation is 1. The van der Waals surface area contributed by atoms with Crippen molar-refractivity contribution in [3.8, 4) is 5.75 Å². The maximum absolute atomic E-state index is 13.0. The summed E-state index contributed by atoms with van der Waals surface area (Å²) in [6, 6.07) is 15.3. The number of hydrogen-bond acceptors (Lipinski definition) is 4. The zero-order valence-electron chi connectivity index (χ0n) is 18.2. The van der Waals surface area contributed by atoms with E-state index in [1.54, 1.807) is 12.0 Å². The lowest BCUT2D eigenvalue weighted by atomic mass is 10.1. The number of carbonyl (C=O) groups excluding carboxylic acids is 2. The molecule has 2 amide bonds. The molecule has 2 atom stereocenters. The van der Waals surface area contributed by atoms with Gasteiger partial charge in [0.05, 0.1) is 31.4 Å². The van der Waals surface area contributed by atoms with Crippen LogP contribution < -0.4 is 10.1 Å². The number of hydrogen-bond donors (Lipinski definition) is 1.